The monoisotopic (exact) mass is 484 g/mol. The highest BCUT2D eigenvalue weighted by Gasteiger charge is 2.34. The van der Waals surface area contributed by atoms with Crippen molar-refractivity contribution in [2.24, 2.45) is 0 Å². The number of nitrogens with zero attached hydrogens (tertiary/aromatic N) is 2. The zero-order valence-corrected chi connectivity index (χ0v) is 18.6. The minimum absolute atomic E-state index is 0.0225. The molecule has 1 aliphatic rings. The second-order valence-corrected chi connectivity index (χ2v) is 8.53. The van der Waals surface area contributed by atoms with Gasteiger partial charge in [-0.1, -0.05) is 35.9 Å². The van der Waals surface area contributed by atoms with Gasteiger partial charge in [-0.25, -0.2) is 4.79 Å². The molecule has 0 atom stereocenters. The summed E-state index contributed by atoms with van der Waals surface area (Å²) in [6.07, 6.45) is 1.60. The van der Waals surface area contributed by atoms with Crippen molar-refractivity contribution in [2.75, 3.05) is 13.1 Å². The molecule has 0 radical (unpaired) electrons. The van der Waals surface area contributed by atoms with Crippen LogP contribution in [0.1, 0.15) is 5.56 Å². The van der Waals surface area contributed by atoms with E-state index in [1.807, 2.05) is 0 Å². The third kappa shape index (κ3) is 4.91. The molecule has 0 saturated carbocycles. The van der Waals surface area contributed by atoms with Gasteiger partial charge in [0.1, 0.15) is 6.54 Å². The van der Waals surface area contributed by atoms with E-state index in [1.54, 1.807) is 54.6 Å². The molecule has 168 valence electrons. The van der Waals surface area contributed by atoms with Crippen LogP contribution in [0, 0.1) is 0 Å². The number of hydrogen-bond donors (Lipinski definition) is 2. The lowest BCUT2D eigenvalue weighted by atomic mass is 10.2. The molecular formula is C22H17ClN4O5S. The number of aromatic nitrogens is 2. The summed E-state index contributed by atoms with van der Waals surface area (Å²) in [6, 6.07) is 13.3. The highest BCUT2D eigenvalue weighted by atomic mass is 35.5. The van der Waals surface area contributed by atoms with E-state index in [-0.39, 0.29) is 23.4 Å². The van der Waals surface area contributed by atoms with Gasteiger partial charge in [0.25, 0.3) is 16.7 Å². The molecular weight excluding hydrogens is 468 g/mol. The van der Waals surface area contributed by atoms with Gasteiger partial charge >= 0.3 is 5.69 Å². The Hall–Kier alpha value is -3.63. The number of rotatable bonds is 6. The first-order valence-electron chi connectivity index (χ1n) is 9.83. The molecule has 11 heteroatoms. The number of carbonyl (C=O) groups excluding carboxylic acids is 3. The molecule has 1 aromatic heterocycles. The summed E-state index contributed by atoms with van der Waals surface area (Å²) in [5, 5.41) is 2.93. The van der Waals surface area contributed by atoms with Crippen LogP contribution in [-0.4, -0.2) is 44.6 Å². The quantitative estimate of drug-likeness (QED) is 0.517. The van der Waals surface area contributed by atoms with Gasteiger partial charge in [-0.15, -0.1) is 0 Å². The molecule has 1 aliphatic heterocycles. The molecule has 1 fully saturated rings. The molecule has 2 N–H and O–H groups in total. The van der Waals surface area contributed by atoms with Crippen molar-refractivity contribution in [3.8, 4) is 0 Å². The van der Waals surface area contributed by atoms with E-state index in [4.69, 9.17) is 11.6 Å². The average molecular weight is 485 g/mol. The van der Waals surface area contributed by atoms with E-state index in [0.29, 0.717) is 10.5 Å². The first-order valence-corrected chi connectivity index (χ1v) is 11.0. The molecule has 0 unspecified atom stereocenters. The second-order valence-electron chi connectivity index (χ2n) is 7.10. The Morgan fingerprint density at radius 1 is 1.06 bits per heavy atom. The molecule has 2 heterocycles. The average Bonchev–Trinajstić information content (AvgIpc) is 3.05. The van der Waals surface area contributed by atoms with Crippen molar-refractivity contribution in [2.45, 2.75) is 6.54 Å². The topological polar surface area (TPSA) is 121 Å². The normalized spacial score (nSPS) is 14.9. The third-order valence-corrected chi connectivity index (χ3v) is 6.05. The number of benzene rings is 2. The summed E-state index contributed by atoms with van der Waals surface area (Å²) in [5.41, 5.74) is -0.172. The van der Waals surface area contributed by atoms with E-state index < -0.39 is 34.8 Å². The Balaban J connectivity index is 1.37. The van der Waals surface area contributed by atoms with Gasteiger partial charge in [0.15, 0.2) is 0 Å². The van der Waals surface area contributed by atoms with Crippen molar-refractivity contribution in [1.82, 2.24) is 19.8 Å². The smallest absolute Gasteiger partial charge is 0.329 e. The van der Waals surface area contributed by atoms with Crippen LogP contribution in [-0.2, 0) is 16.1 Å². The van der Waals surface area contributed by atoms with Crippen LogP contribution in [0.4, 0.5) is 4.79 Å². The van der Waals surface area contributed by atoms with Gasteiger partial charge in [-0.2, -0.15) is 0 Å². The van der Waals surface area contributed by atoms with E-state index in [1.165, 1.54) is 0 Å². The second kappa shape index (κ2) is 9.47. The van der Waals surface area contributed by atoms with Crippen LogP contribution in [0.3, 0.4) is 0 Å². The van der Waals surface area contributed by atoms with Gasteiger partial charge in [-0.05, 0) is 47.7 Å². The summed E-state index contributed by atoms with van der Waals surface area (Å²) in [5.74, 6) is -1.06. The van der Waals surface area contributed by atoms with Gasteiger partial charge in [0.05, 0.1) is 15.8 Å². The number of thioether (sulfide) groups is 1. The van der Waals surface area contributed by atoms with Crippen molar-refractivity contribution >= 4 is 57.4 Å². The standard InChI is InChI=1S/C22H17ClN4O5S/c23-14-7-5-13(6-8-14)11-17-20(30)26(22(32)33-17)10-9-24-18(28)12-27-19(29)15-3-1-2-4-16(15)25-21(27)31/h1-8,11H,9-10,12H2,(H,24,28)(H,25,31)/b17-11-. The number of aromatic amines is 1. The van der Waals surface area contributed by atoms with E-state index in [9.17, 15) is 24.0 Å². The molecule has 1 saturated heterocycles. The first-order chi connectivity index (χ1) is 15.8. The number of para-hydroxylation sites is 1. The lowest BCUT2D eigenvalue weighted by Crippen LogP contribution is -2.42. The fourth-order valence-electron chi connectivity index (χ4n) is 3.25. The van der Waals surface area contributed by atoms with Gasteiger partial charge in [0, 0.05) is 18.1 Å². The Morgan fingerprint density at radius 2 is 1.79 bits per heavy atom. The fraction of sp³-hybridized carbons (Fsp3) is 0.136. The van der Waals surface area contributed by atoms with Crippen molar-refractivity contribution < 1.29 is 14.4 Å². The molecule has 2 aromatic carbocycles. The van der Waals surface area contributed by atoms with E-state index in [2.05, 4.69) is 10.3 Å². The molecule has 3 aromatic rings. The van der Waals surface area contributed by atoms with Crippen molar-refractivity contribution in [3.05, 3.63) is 84.9 Å². The van der Waals surface area contributed by atoms with Crippen LogP contribution in [0.15, 0.2) is 63.0 Å². The number of H-pyrrole nitrogens is 1. The first kappa shape index (κ1) is 22.6. The Morgan fingerprint density at radius 3 is 2.55 bits per heavy atom. The Bertz CT molecular complexity index is 1410. The highest BCUT2D eigenvalue weighted by molar-refractivity contribution is 8.18. The fourth-order valence-corrected chi connectivity index (χ4v) is 4.24. The molecule has 4 rings (SSSR count). The summed E-state index contributed by atoms with van der Waals surface area (Å²) in [4.78, 5) is 65.6. The van der Waals surface area contributed by atoms with Gasteiger partial charge in [0.2, 0.25) is 5.91 Å². The maximum atomic E-state index is 12.6. The SMILES string of the molecule is O=C(Cn1c(=O)[nH]c2ccccc2c1=O)NCCN1C(=O)S/C(=C\c2ccc(Cl)cc2)C1=O. The summed E-state index contributed by atoms with van der Waals surface area (Å²) in [6.45, 7) is -0.556. The Kier molecular flexibility index (Phi) is 6.47. The number of imide groups is 1. The molecule has 33 heavy (non-hydrogen) atoms. The van der Waals surface area contributed by atoms with E-state index >= 15 is 0 Å². The zero-order chi connectivity index (χ0) is 23.5. The maximum Gasteiger partial charge on any atom is 0.329 e. The Labute approximate surface area is 196 Å². The van der Waals surface area contributed by atoms with Crippen molar-refractivity contribution in [3.63, 3.8) is 0 Å². The summed E-state index contributed by atoms with van der Waals surface area (Å²) >= 11 is 6.66. The maximum absolute atomic E-state index is 12.6. The number of halogens is 1. The number of hydrogen-bond acceptors (Lipinski definition) is 6. The molecule has 9 nitrogen and oxygen atoms in total. The minimum atomic E-state index is -0.702. The summed E-state index contributed by atoms with van der Waals surface area (Å²) in [7, 11) is 0. The van der Waals surface area contributed by atoms with Crippen LogP contribution < -0.4 is 16.6 Å². The minimum Gasteiger partial charge on any atom is -0.353 e. The molecule has 0 aliphatic carbocycles. The van der Waals surface area contributed by atoms with E-state index in [0.717, 1.165) is 26.8 Å². The van der Waals surface area contributed by atoms with Crippen LogP contribution >= 0.6 is 23.4 Å². The van der Waals surface area contributed by atoms with Crippen molar-refractivity contribution in [1.29, 1.82) is 0 Å². The highest BCUT2D eigenvalue weighted by Crippen LogP contribution is 2.32. The predicted molar refractivity (Wildman–Crippen MR) is 126 cm³/mol. The lowest BCUT2D eigenvalue weighted by Gasteiger charge is -2.13. The number of carbonyl (C=O) groups is 3. The lowest BCUT2D eigenvalue weighted by molar-refractivity contribution is -0.124. The van der Waals surface area contributed by atoms with Crippen LogP contribution in [0.25, 0.3) is 17.0 Å². The van der Waals surface area contributed by atoms with Gasteiger partial charge in [-0.3, -0.25) is 28.6 Å². The zero-order valence-electron chi connectivity index (χ0n) is 17.0. The predicted octanol–water partition coefficient (Wildman–Crippen LogP) is 2.20. The number of fused-ring (bicyclic) bond motifs is 1. The molecule has 0 bridgehead atoms. The molecule has 3 amide bonds. The third-order valence-electron chi connectivity index (χ3n) is 4.89. The van der Waals surface area contributed by atoms with Gasteiger partial charge < -0.3 is 10.3 Å². The van der Waals surface area contributed by atoms with Crippen LogP contribution in [0.5, 0.6) is 0 Å². The molecule has 0 spiro atoms. The largest absolute Gasteiger partial charge is 0.353 e. The number of amides is 3. The summed E-state index contributed by atoms with van der Waals surface area (Å²) < 4.78 is 0.798. The number of nitrogens with one attached hydrogen (secondary N) is 2. The van der Waals surface area contributed by atoms with Crippen LogP contribution in [0.2, 0.25) is 5.02 Å².